The number of anilines is 3. The molecule has 0 aromatic carbocycles. The highest BCUT2D eigenvalue weighted by molar-refractivity contribution is 5.66. The van der Waals surface area contributed by atoms with Crippen LogP contribution < -0.4 is 10.8 Å². The fourth-order valence-electron chi connectivity index (χ4n) is 2.45. The fraction of sp³-hybridized carbons (Fsp3) is 0.471. The Morgan fingerprint density at radius 3 is 2.50 bits per heavy atom. The number of aliphatic hydroxyl groups excluding tert-OH is 1. The molecule has 3 rings (SSSR count). The van der Waals surface area contributed by atoms with Gasteiger partial charge in [-0.05, 0) is 33.3 Å². The molecule has 0 spiro atoms. The second-order valence-corrected chi connectivity index (χ2v) is 7.45. The summed E-state index contributed by atoms with van der Waals surface area (Å²) < 4.78 is 54.9. The van der Waals surface area contributed by atoms with Crippen molar-refractivity contribution >= 4 is 23.3 Å². The van der Waals surface area contributed by atoms with E-state index in [4.69, 9.17) is 4.84 Å². The number of hydrogen-bond acceptors (Lipinski definition) is 9. The van der Waals surface area contributed by atoms with Crippen LogP contribution in [0.3, 0.4) is 0 Å². The molecule has 30 heavy (non-hydrogen) atoms. The van der Waals surface area contributed by atoms with Crippen LogP contribution in [-0.2, 0) is 4.84 Å². The number of nitrogens with zero attached hydrogens (tertiary/aromatic N) is 5. The standard InChI is InChI=1S/C17H19F4N7O2/c1-16(2,3)30-28-15-26-12(8-4-6-17(20,21)11(29)10(8)18)25-14(27-15)24-9-5-7-22-13(19)23-9/h5,7,11,29H,4,6H2,1-3H3,(H2,22,23,24,25,26,27,28). The van der Waals surface area contributed by atoms with Crippen molar-refractivity contribution in [2.75, 3.05) is 10.8 Å². The first-order valence-corrected chi connectivity index (χ1v) is 8.85. The van der Waals surface area contributed by atoms with Gasteiger partial charge in [-0.3, -0.25) is 4.84 Å². The number of aliphatic hydroxyl groups is 1. The highest BCUT2D eigenvalue weighted by Gasteiger charge is 2.46. The monoisotopic (exact) mass is 429 g/mol. The summed E-state index contributed by atoms with van der Waals surface area (Å²) in [5.41, 5.74) is 1.53. The van der Waals surface area contributed by atoms with Gasteiger partial charge in [0, 0.05) is 18.2 Å². The van der Waals surface area contributed by atoms with Crippen molar-refractivity contribution < 1.29 is 27.5 Å². The van der Waals surface area contributed by atoms with Gasteiger partial charge >= 0.3 is 6.08 Å². The molecule has 0 radical (unpaired) electrons. The van der Waals surface area contributed by atoms with Crippen LogP contribution in [-0.4, -0.2) is 47.7 Å². The van der Waals surface area contributed by atoms with Gasteiger partial charge in [0.05, 0.1) is 5.60 Å². The summed E-state index contributed by atoms with van der Waals surface area (Å²) in [4.78, 5) is 24.2. The Morgan fingerprint density at radius 2 is 1.83 bits per heavy atom. The van der Waals surface area contributed by atoms with Crippen molar-refractivity contribution in [3.05, 3.63) is 30.0 Å². The SMILES string of the molecule is CC(C)(C)ONc1nc(Nc2ccnc(F)n2)nc(C2=C(F)C(O)C(F)(F)CC2)n1. The van der Waals surface area contributed by atoms with Gasteiger partial charge < -0.3 is 10.4 Å². The first-order valence-electron chi connectivity index (χ1n) is 8.85. The van der Waals surface area contributed by atoms with E-state index in [-0.39, 0.29) is 29.1 Å². The molecule has 0 bridgehead atoms. The van der Waals surface area contributed by atoms with E-state index in [1.54, 1.807) is 20.8 Å². The second-order valence-electron chi connectivity index (χ2n) is 7.45. The van der Waals surface area contributed by atoms with Gasteiger partial charge in [0.15, 0.2) is 11.9 Å². The van der Waals surface area contributed by atoms with Crippen molar-refractivity contribution in [3.8, 4) is 0 Å². The molecule has 162 valence electrons. The lowest BCUT2D eigenvalue weighted by Gasteiger charge is -2.27. The molecule has 0 amide bonds. The van der Waals surface area contributed by atoms with E-state index in [0.717, 1.165) is 6.20 Å². The van der Waals surface area contributed by atoms with Gasteiger partial charge in [0.25, 0.3) is 11.9 Å². The van der Waals surface area contributed by atoms with E-state index in [1.807, 2.05) is 0 Å². The highest BCUT2D eigenvalue weighted by Crippen LogP contribution is 2.41. The molecule has 13 heteroatoms. The molecule has 9 nitrogen and oxygen atoms in total. The summed E-state index contributed by atoms with van der Waals surface area (Å²) in [7, 11) is 0. The van der Waals surface area contributed by atoms with Crippen molar-refractivity contribution in [3.63, 3.8) is 0 Å². The molecule has 2 aromatic rings. The maximum absolute atomic E-state index is 14.4. The van der Waals surface area contributed by atoms with E-state index in [9.17, 15) is 22.7 Å². The maximum Gasteiger partial charge on any atom is 0.310 e. The fourth-order valence-corrected chi connectivity index (χ4v) is 2.45. The summed E-state index contributed by atoms with van der Waals surface area (Å²) >= 11 is 0. The van der Waals surface area contributed by atoms with Gasteiger partial charge in [-0.25, -0.2) is 23.6 Å². The predicted molar refractivity (Wildman–Crippen MR) is 97.8 cm³/mol. The number of hydrogen-bond donors (Lipinski definition) is 3. The van der Waals surface area contributed by atoms with Gasteiger partial charge in [-0.1, -0.05) is 0 Å². The van der Waals surface area contributed by atoms with Crippen LogP contribution >= 0.6 is 0 Å². The molecular weight excluding hydrogens is 410 g/mol. The van der Waals surface area contributed by atoms with E-state index < -0.39 is 42.4 Å². The number of allylic oxidation sites excluding steroid dienone is 1. The summed E-state index contributed by atoms with van der Waals surface area (Å²) in [6.45, 7) is 5.23. The first-order chi connectivity index (χ1) is 13.9. The summed E-state index contributed by atoms with van der Waals surface area (Å²) in [6, 6.07) is 1.33. The van der Waals surface area contributed by atoms with Crippen LogP contribution in [0.5, 0.6) is 0 Å². The average Bonchev–Trinajstić information content (AvgIpc) is 2.64. The Bertz CT molecular complexity index is 965. The largest absolute Gasteiger partial charge is 0.380 e. The minimum absolute atomic E-state index is 0.00740. The molecule has 1 aliphatic rings. The molecule has 2 heterocycles. The van der Waals surface area contributed by atoms with Crippen molar-refractivity contribution in [2.24, 2.45) is 0 Å². The number of aromatic nitrogens is 5. The molecule has 0 aliphatic heterocycles. The quantitative estimate of drug-likeness (QED) is 0.374. The molecule has 0 saturated heterocycles. The lowest BCUT2D eigenvalue weighted by atomic mass is 9.92. The number of alkyl halides is 2. The van der Waals surface area contributed by atoms with Gasteiger partial charge in [-0.2, -0.15) is 24.3 Å². The molecule has 2 aromatic heterocycles. The number of halogens is 4. The van der Waals surface area contributed by atoms with Crippen LogP contribution in [0.4, 0.5) is 35.3 Å². The summed E-state index contributed by atoms with van der Waals surface area (Å²) in [5.74, 6) is -5.69. The topological polar surface area (TPSA) is 118 Å². The zero-order chi connectivity index (χ0) is 22.1. The predicted octanol–water partition coefficient (Wildman–Crippen LogP) is 3.16. The molecule has 0 saturated carbocycles. The lowest BCUT2D eigenvalue weighted by Crippen LogP contribution is -2.37. The summed E-state index contributed by atoms with van der Waals surface area (Å²) in [6.07, 6.45) is -3.66. The summed E-state index contributed by atoms with van der Waals surface area (Å²) in [5, 5.41) is 12.2. The third-order valence-electron chi connectivity index (χ3n) is 3.86. The number of nitrogens with one attached hydrogen (secondary N) is 2. The van der Waals surface area contributed by atoms with E-state index >= 15 is 0 Å². The van der Waals surface area contributed by atoms with E-state index in [1.165, 1.54) is 6.07 Å². The van der Waals surface area contributed by atoms with Crippen LogP contribution in [0.15, 0.2) is 18.1 Å². The van der Waals surface area contributed by atoms with E-state index in [0.29, 0.717) is 0 Å². The van der Waals surface area contributed by atoms with Gasteiger partial charge in [0.2, 0.25) is 5.95 Å². The second kappa shape index (κ2) is 8.07. The van der Waals surface area contributed by atoms with Crippen LogP contribution in [0, 0.1) is 6.08 Å². The zero-order valence-corrected chi connectivity index (χ0v) is 16.2. The van der Waals surface area contributed by atoms with Crippen LogP contribution in [0.25, 0.3) is 5.57 Å². The Hall–Kier alpha value is -2.93. The molecule has 3 N–H and O–H groups in total. The Kier molecular flexibility index (Phi) is 5.85. The highest BCUT2D eigenvalue weighted by atomic mass is 19.3. The molecule has 0 fully saturated rings. The number of rotatable bonds is 5. The third-order valence-corrected chi connectivity index (χ3v) is 3.86. The van der Waals surface area contributed by atoms with Crippen molar-refractivity contribution in [2.45, 2.75) is 51.2 Å². The Balaban J connectivity index is 2.00. The van der Waals surface area contributed by atoms with E-state index in [2.05, 4.69) is 35.7 Å². The van der Waals surface area contributed by atoms with Crippen LogP contribution in [0.1, 0.15) is 39.4 Å². The third kappa shape index (κ3) is 5.16. The van der Waals surface area contributed by atoms with Crippen molar-refractivity contribution in [1.82, 2.24) is 24.9 Å². The lowest BCUT2D eigenvalue weighted by molar-refractivity contribution is -0.107. The Morgan fingerprint density at radius 1 is 1.13 bits per heavy atom. The van der Waals surface area contributed by atoms with Gasteiger partial charge in [-0.15, -0.1) is 0 Å². The average molecular weight is 429 g/mol. The molecule has 1 atom stereocenters. The van der Waals surface area contributed by atoms with Crippen molar-refractivity contribution in [1.29, 1.82) is 0 Å². The van der Waals surface area contributed by atoms with Crippen LogP contribution in [0.2, 0.25) is 0 Å². The smallest absolute Gasteiger partial charge is 0.310 e. The van der Waals surface area contributed by atoms with Gasteiger partial charge in [0.1, 0.15) is 11.6 Å². The first kappa shape index (κ1) is 21.8. The Labute approximate surface area is 168 Å². The molecule has 1 unspecified atom stereocenters. The zero-order valence-electron chi connectivity index (χ0n) is 16.2. The maximum atomic E-state index is 14.4. The normalized spacial score (nSPS) is 19.0. The minimum Gasteiger partial charge on any atom is -0.380 e. The minimum atomic E-state index is -3.60. The molecular formula is C17H19F4N7O2. The molecule has 1 aliphatic carbocycles.